The lowest BCUT2D eigenvalue weighted by Gasteiger charge is -2.31. The van der Waals surface area contributed by atoms with E-state index >= 15 is 0 Å². The third-order valence-corrected chi connectivity index (χ3v) is 8.02. The van der Waals surface area contributed by atoms with E-state index in [0.29, 0.717) is 18.8 Å². The number of carbonyl (C=O) groups excluding carboxylic acids is 1. The highest BCUT2D eigenvalue weighted by molar-refractivity contribution is 5.90. The van der Waals surface area contributed by atoms with Crippen molar-refractivity contribution >= 4 is 17.4 Å². The molecule has 2 rings (SSSR count). The minimum Gasteiger partial charge on any atom is -0.493 e. The summed E-state index contributed by atoms with van der Waals surface area (Å²) in [4.78, 5) is 12.5. The summed E-state index contributed by atoms with van der Waals surface area (Å²) >= 11 is 0. The number of quaternary nitrogens is 1. The second-order valence-electron chi connectivity index (χ2n) is 11.2. The van der Waals surface area contributed by atoms with Crippen molar-refractivity contribution in [2.75, 3.05) is 45.2 Å². The van der Waals surface area contributed by atoms with Gasteiger partial charge < -0.3 is 19.3 Å². The molecule has 0 radical (unpaired) electrons. The van der Waals surface area contributed by atoms with Gasteiger partial charge in [0, 0.05) is 16.9 Å². The Morgan fingerprint density at radius 1 is 0.775 bits per heavy atom. The summed E-state index contributed by atoms with van der Waals surface area (Å²) in [7, 11) is 2.18. The fourth-order valence-electron chi connectivity index (χ4n) is 4.70. The minimum atomic E-state index is -0.287. The molecule has 0 aliphatic heterocycles. The van der Waals surface area contributed by atoms with E-state index in [9.17, 15) is 4.79 Å². The van der Waals surface area contributed by atoms with Gasteiger partial charge in [-0.3, -0.25) is 0 Å². The van der Waals surface area contributed by atoms with E-state index in [1.54, 1.807) is 12.1 Å². The van der Waals surface area contributed by atoms with Crippen LogP contribution < -0.4 is 10.1 Å². The third-order valence-electron chi connectivity index (χ3n) is 8.02. The number of unbranched alkanes of at least 4 members (excludes halogenated alkanes) is 10. The van der Waals surface area contributed by atoms with Gasteiger partial charge in [0.05, 0.1) is 32.3 Å². The van der Waals surface area contributed by atoms with Crippen molar-refractivity contribution in [3.8, 4) is 5.75 Å². The highest BCUT2D eigenvalue weighted by atomic mass is 16.5. The molecule has 5 heteroatoms. The van der Waals surface area contributed by atoms with Gasteiger partial charge in [-0.1, -0.05) is 89.8 Å². The maximum atomic E-state index is 12.5. The molecule has 222 valence electrons. The van der Waals surface area contributed by atoms with Crippen LogP contribution in [0, 0.1) is 0 Å². The number of ether oxygens (including phenoxy) is 2. The number of esters is 1. The van der Waals surface area contributed by atoms with Crippen molar-refractivity contribution in [1.82, 2.24) is 0 Å². The van der Waals surface area contributed by atoms with Crippen LogP contribution in [0.5, 0.6) is 5.75 Å². The Balaban J connectivity index is 1.72. The Hall–Kier alpha value is -2.79. The number of benzene rings is 2. The van der Waals surface area contributed by atoms with E-state index < -0.39 is 0 Å². The molecule has 2 aromatic carbocycles. The Morgan fingerprint density at radius 3 is 1.95 bits per heavy atom. The standard InChI is InChI=1S/C35H54N2O3/c1-6-9-10-11-12-13-14-15-16-17-20-28-39-34-22-19-18-21-33(34)30(4)36-32-25-23-31(24-26-32)35(38)40-29-27-37(5,7-2)8-3/h18-19,21-26H,4,6-17,20,27-29H2,1-3,5H3/p+1. The maximum absolute atomic E-state index is 12.5. The molecule has 0 aromatic heterocycles. The lowest BCUT2D eigenvalue weighted by molar-refractivity contribution is -0.906. The molecule has 1 N–H and O–H groups in total. The second-order valence-corrected chi connectivity index (χ2v) is 11.2. The zero-order chi connectivity index (χ0) is 29.1. The highest BCUT2D eigenvalue weighted by Gasteiger charge is 2.17. The number of likely N-dealkylation sites (N-methyl/N-ethyl adjacent to an activating group) is 1. The summed E-state index contributed by atoms with van der Waals surface area (Å²) in [6.45, 7) is 14.8. The Kier molecular flexibility index (Phi) is 16.1. The van der Waals surface area contributed by atoms with Crippen molar-refractivity contribution in [1.29, 1.82) is 0 Å². The molecule has 0 unspecified atom stereocenters. The molecule has 0 saturated heterocycles. The molecule has 0 fully saturated rings. The molecular weight excluding hydrogens is 496 g/mol. The largest absolute Gasteiger partial charge is 0.493 e. The molecule has 0 aliphatic rings. The smallest absolute Gasteiger partial charge is 0.338 e. The lowest BCUT2D eigenvalue weighted by Crippen LogP contribution is -2.46. The average molecular weight is 552 g/mol. The van der Waals surface area contributed by atoms with Crippen LogP contribution in [-0.4, -0.2) is 50.3 Å². The molecule has 0 amide bonds. The lowest BCUT2D eigenvalue weighted by atomic mass is 10.1. The summed E-state index contributed by atoms with van der Waals surface area (Å²) in [5, 5.41) is 3.36. The second kappa shape index (κ2) is 19.3. The van der Waals surface area contributed by atoms with E-state index in [2.05, 4.69) is 39.7 Å². The van der Waals surface area contributed by atoms with Gasteiger partial charge in [0.15, 0.2) is 0 Å². The van der Waals surface area contributed by atoms with Crippen molar-refractivity contribution in [3.05, 3.63) is 66.2 Å². The van der Waals surface area contributed by atoms with Gasteiger partial charge in [-0.25, -0.2) is 4.79 Å². The number of hydrogen-bond acceptors (Lipinski definition) is 4. The van der Waals surface area contributed by atoms with E-state index in [-0.39, 0.29) is 5.97 Å². The quantitative estimate of drug-likeness (QED) is 0.0900. The summed E-state index contributed by atoms with van der Waals surface area (Å²) in [6.07, 6.45) is 14.5. The molecule has 0 spiro atoms. The van der Waals surface area contributed by atoms with Crippen molar-refractivity contribution in [2.24, 2.45) is 0 Å². The number of hydrogen-bond donors (Lipinski definition) is 1. The van der Waals surface area contributed by atoms with E-state index in [4.69, 9.17) is 9.47 Å². The monoisotopic (exact) mass is 551 g/mol. The molecule has 0 saturated carbocycles. The minimum absolute atomic E-state index is 0.287. The van der Waals surface area contributed by atoms with Crippen LogP contribution in [0.25, 0.3) is 5.70 Å². The van der Waals surface area contributed by atoms with E-state index in [1.165, 1.54) is 64.2 Å². The topological polar surface area (TPSA) is 47.6 Å². The van der Waals surface area contributed by atoms with Crippen LogP contribution in [0.15, 0.2) is 55.1 Å². The van der Waals surface area contributed by atoms with Crippen LogP contribution in [0.2, 0.25) is 0 Å². The average Bonchev–Trinajstić information content (AvgIpc) is 2.98. The van der Waals surface area contributed by atoms with Crippen molar-refractivity contribution in [3.63, 3.8) is 0 Å². The fourth-order valence-corrected chi connectivity index (χ4v) is 4.70. The first-order chi connectivity index (χ1) is 19.4. The maximum Gasteiger partial charge on any atom is 0.338 e. The normalized spacial score (nSPS) is 11.3. The van der Waals surface area contributed by atoms with Crippen LogP contribution in [0.1, 0.15) is 107 Å². The predicted octanol–water partition coefficient (Wildman–Crippen LogP) is 9.10. The number of nitrogens with zero attached hydrogens (tertiary/aromatic N) is 1. The first-order valence-corrected chi connectivity index (χ1v) is 15.7. The van der Waals surface area contributed by atoms with Crippen molar-refractivity contribution < 1.29 is 18.8 Å². The molecular formula is C35H55N2O3+. The van der Waals surface area contributed by atoms with Gasteiger partial charge in [-0.05, 0) is 56.7 Å². The van der Waals surface area contributed by atoms with E-state index in [1.807, 2.05) is 36.4 Å². The van der Waals surface area contributed by atoms with Gasteiger partial charge >= 0.3 is 5.97 Å². The summed E-state index contributed by atoms with van der Waals surface area (Å²) in [5.74, 6) is 0.558. The molecule has 0 aliphatic carbocycles. The Morgan fingerprint density at radius 2 is 1.35 bits per heavy atom. The molecule has 0 heterocycles. The number of anilines is 1. The first-order valence-electron chi connectivity index (χ1n) is 15.7. The van der Waals surface area contributed by atoms with E-state index in [0.717, 1.165) is 53.2 Å². The predicted molar refractivity (Wildman–Crippen MR) is 170 cm³/mol. The summed E-state index contributed by atoms with van der Waals surface area (Å²) in [6, 6.07) is 15.4. The molecule has 0 bridgehead atoms. The summed E-state index contributed by atoms with van der Waals surface area (Å²) < 4.78 is 12.6. The summed E-state index contributed by atoms with van der Waals surface area (Å²) in [5.41, 5.74) is 3.13. The number of carbonyl (C=O) groups is 1. The molecule has 40 heavy (non-hydrogen) atoms. The Bertz CT molecular complexity index is 982. The van der Waals surface area contributed by atoms with Crippen molar-refractivity contribution in [2.45, 2.75) is 91.4 Å². The van der Waals surface area contributed by atoms with Gasteiger partial charge in [0.1, 0.15) is 18.9 Å². The SMILES string of the molecule is C=C(Nc1ccc(C(=O)OCC[N+](C)(CC)CC)cc1)c1ccccc1OCCCCCCCCCCCCC. The van der Waals surface area contributed by atoms with Crippen LogP contribution in [0.4, 0.5) is 5.69 Å². The van der Waals surface area contributed by atoms with Gasteiger partial charge in [0.2, 0.25) is 0 Å². The Labute approximate surface area is 244 Å². The molecule has 2 aromatic rings. The third kappa shape index (κ3) is 12.6. The van der Waals surface area contributed by atoms with Gasteiger partial charge in [0.25, 0.3) is 0 Å². The first kappa shape index (κ1) is 33.4. The zero-order valence-corrected chi connectivity index (χ0v) is 25.8. The fraction of sp³-hybridized carbons (Fsp3) is 0.571. The molecule has 5 nitrogen and oxygen atoms in total. The van der Waals surface area contributed by atoms with Gasteiger partial charge in [-0.2, -0.15) is 0 Å². The highest BCUT2D eigenvalue weighted by Crippen LogP contribution is 2.27. The van der Waals surface area contributed by atoms with Crippen LogP contribution >= 0.6 is 0 Å². The zero-order valence-electron chi connectivity index (χ0n) is 25.8. The van der Waals surface area contributed by atoms with Gasteiger partial charge in [-0.15, -0.1) is 0 Å². The van der Waals surface area contributed by atoms with Crippen LogP contribution in [0.3, 0.4) is 0 Å². The van der Waals surface area contributed by atoms with Crippen LogP contribution in [-0.2, 0) is 4.74 Å². The molecule has 0 atom stereocenters. The number of rotatable bonds is 22. The number of para-hydroxylation sites is 1. The number of nitrogens with one attached hydrogen (secondary N) is 1.